The summed E-state index contributed by atoms with van der Waals surface area (Å²) in [6.45, 7) is 4.54. The average molecular weight is 237 g/mol. The van der Waals surface area contributed by atoms with Crippen LogP contribution in [0.4, 0.5) is 0 Å². The van der Waals surface area contributed by atoms with Gasteiger partial charge in [0.15, 0.2) is 0 Å². The van der Waals surface area contributed by atoms with Crippen LogP contribution >= 0.6 is 15.9 Å². The Labute approximate surface area is 87.8 Å². The molecule has 0 unspecified atom stereocenters. The van der Waals surface area contributed by atoms with Crippen LogP contribution < -0.4 is 0 Å². The molecular weight excluding hydrogens is 224 g/mol. The number of rotatable bonds is 0. The summed E-state index contributed by atoms with van der Waals surface area (Å²) in [6.07, 6.45) is 5.65. The van der Waals surface area contributed by atoms with Crippen molar-refractivity contribution >= 4 is 22.0 Å². The molecule has 68 valence electrons. The Bertz CT molecular complexity index is 361. The first-order valence-electron chi connectivity index (χ1n) is 4.55. The maximum absolute atomic E-state index is 3.57. The van der Waals surface area contributed by atoms with Gasteiger partial charge < -0.3 is 0 Å². The Hall–Kier alpha value is -0.560. The second kappa shape index (κ2) is 2.98. The zero-order chi connectivity index (χ0) is 9.47. The summed E-state index contributed by atoms with van der Waals surface area (Å²) in [6, 6.07) is 6.42. The molecule has 0 bridgehead atoms. The van der Waals surface area contributed by atoms with E-state index in [0.29, 0.717) is 5.41 Å². The molecule has 1 aliphatic rings. The van der Waals surface area contributed by atoms with Crippen LogP contribution in [0, 0.1) is 5.41 Å². The van der Waals surface area contributed by atoms with Crippen LogP contribution in [0.15, 0.2) is 28.7 Å². The topological polar surface area (TPSA) is 0 Å². The summed E-state index contributed by atoms with van der Waals surface area (Å²) in [4.78, 5) is 0. The fourth-order valence-electron chi connectivity index (χ4n) is 1.78. The van der Waals surface area contributed by atoms with Gasteiger partial charge in [0.2, 0.25) is 0 Å². The lowest BCUT2D eigenvalue weighted by Crippen LogP contribution is -2.15. The molecule has 0 saturated carbocycles. The van der Waals surface area contributed by atoms with Gasteiger partial charge in [-0.25, -0.2) is 0 Å². The van der Waals surface area contributed by atoms with E-state index in [-0.39, 0.29) is 0 Å². The largest absolute Gasteiger partial charge is 0.0779 e. The average Bonchev–Trinajstić information content (AvgIpc) is 2.02. The van der Waals surface area contributed by atoms with Crippen LogP contribution in [0.3, 0.4) is 0 Å². The fraction of sp³-hybridized carbons (Fsp3) is 0.333. The van der Waals surface area contributed by atoms with E-state index < -0.39 is 0 Å². The first kappa shape index (κ1) is 9.01. The Kier molecular flexibility index (Phi) is 2.07. The van der Waals surface area contributed by atoms with E-state index in [1.165, 1.54) is 15.6 Å². The van der Waals surface area contributed by atoms with Gasteiger partial charge in [0, 0.05) is 4.47 Å². The lowest BCUT2D eigenvalue weighted by molar-refractivity contribution is 0.474. The van der Waals surface area contributed by atoms with Crippen LogP contribution in [-0.4, -0.2) is 0 Å². The summed E-state index contributed by atoms with van der Waals surface area (Å²) in [5.41, 5.74) is 3.11. The molecule has 0 aliphatic heterocycles. The lowest BCUT2D eigenvalue weighted by Gasteiger charge is -2.26. The van der Waals surface area contributed by atoms with Crippen LogP contribution in [0.1, 0.15) is 25.0 Å². The van der Waals surface area contributed by atoms with Gasteiger partial charge in [-0.2, -0.15) is 0 Å². The Morgan fingerprint density at radius 3 is 2.85 bits per heavy atom. The number of benzene rings is 1. The van der Waals surface area contributed by atoms with Gasteiger partial charge in [0.25, 0.3) is 0 Å². The van der Waals surface area contributed by atoms with E-state index >= 15 is 0 Å². The van der Waals surface area contributed by atoms with Gasteiger partial charge in [-0.15, -0.1) is 0 Å². The first-order chi connectivity index (χ1) is 6.08. The van der Waals surface area contributed by atoms with Gasteiger partial charge in [-0.3, -0.25) is 0 Å². The van der Waals surface area contributed by atoms with Crippen LogP contribution in [0.25, 0.3) is 6.08 Å². The highest BCUT2D eigenvalue weighted by Gasteiger charge is 2.20. The molecule has 0 nitrogen and oxygen atoms in total. The Morgan fingerprint density at radius 2 is 2.08 bits per heavy atom. The second-order valence-corrected chi connectivity index (χ2v) is 5.17. The SMILES string of the molecule is CC1(C)C=Cc2c(Br)cccc2C1. The third kappa shape index (κ3) is 1.71. The van der Waals surface area contributed by atoms with Crippen molar-refractivity contribution in [2.45, 2.75) is 20.3 Å². The van der Waals surface area contributed by atoms with Crippen molar-refractivity contribution in [3.8, 4) is 0 Å². The maximum atomic E-state index is 3.57. The van der Waals surface area contributed by atoms with Crippen molar-refractivity contribution in [1.82, 2.24) is 0 Å². The van der Waals surface area contributed by atoms with Gasteiger partial charge in [0.05, 0.1) is 0 Å². The smallest absolute Gasteiger partial charge is 0.0250 e. The molecule has 1 heteroatoms. The Morgan fingerprint density at radius 1 is 1.31 bits per heavy atom. The maximum Gasteiger partial charge on any atom is 0.0250 e. The predicted octanol–water partition coefficient (Wildman–Crippen LogP) is 4.04. The van der Waals surface area contributed by atoms with E-state index in [9.17, 15) is 0 Å². The number of allylic oxidation sites excluding steroid dienone is 1. The van der Waals surface area contributed by atoms with E-state index in [0.717, 1.165) is 6.42 Å². The minimum Gasteiger partial charge on any atom is -0.0779 e. The van der Waals surface area contributed by atoms with Gasteiger partial charge in [-0.05, 0) is 29.0 Å². The summed E-state index contributed by atoms with van der Waals surface area (Å²) < 4.78 is 1.21. The molecular formula is C12H13Br. The molecule has 1 aliphatic carbocycles. The van der Waals surface area contributed by atoms with Crippen molar-refractivity contribution in [3.63, 3.8) is 0 Å². The van der Waals surface area contributed by atoms with Crippen molar-refractivity contribution in [1.29, 1.82) is 0 Å². The lowest BCUT2D eigenvalue weighted by atomic mass is 9.80. The molecule has 0 fully saturated rings. The molecule has 0 radical (unpaired) electrons. The van der Waals surface area contributed by atoms with Crippen molar-refractivity contribution in [3.05, 3.63) is 39.9 Å². The van der Waals surface area contributed by atoms with Crippen molar-refractivity contribution in [2.24, 2.45) is 5.41 Å². The zero-order valence-corrected chi connectivity index (χ0v) is 9.56. The molecule has 0 amide bonds. The number of fused-ring (bicyclic) bond motifs is 1. The molecule has 13 heavy (non-hydrogen) atoms. The highest BCUT2D eigenvalue weighted by Crippen LogP contribution is 2.34. The number of hydrogen-bond donors (Lipinski definition) is 0. The van der Waals surface area contributed by atoms with E-state index in [1.807, 2.05) is 0 Å². The molecule has 2 rings (SSSR count). The van der Waals surface area contributed by atoms with Crippen LogP contribution in [0.5, 0.6) is 0 Å². The molecule has 0 aromatic heterocycles. The van der Waals surface area contributed by atoms with E-state index in [2.05, 4.69) is 60.1 Å². The second-order valence-electron chi connectivity index (χ2n) is 4.31. The van der Waals surface area contributed by atoms with Gasteiger partial charge >= 0.3 is 0 Å². The highest BCUT2D eigenvalue weighted by molar-refractivity contribution is 9.10. The van der Waals surface area contributed by atoms with Crippen LogP contribution in [0.2, 0.25) is 0 Å². The van der Waals surface area contributed by atoms with Crippen molar-refractivity contribution < 1.29 is 0 Å². The summed E-state index contributed by atoms with van der Waals surface area (Å²) in [7, 11) is 0. The summed E-state index contributed by atoms with van der Waals surface area (Å²) >= 11 is 3.57. The monoisotopic (exact) mass is 236 g/mol. The third-order valence-electron chi connectivity index (χ3n) is 2.49. The van der Waals surface area contributed by atoms with Gasteiger partial charge in [-0.1, -0.05) is 54.1 Å². The molecule has 0 spiro atoms. The van der Waals surface area contributed by atoms with Crippen LogP contribution in [-0.2, 0) is 6.42 Å². The quantitative estimate of drug-likeness (QED) is 0.638. The molecule has 0 heterocycles. The fourth-order valence-corrected chi connectivity index (χ4v) is 2.32. The van der Waals surface area contributed by atoms with E-state index in [4.69, 9.17) is 0 Å². The minimum atomic E-state index is 0.313. The van der Waals surface area contributed by atoms with Gasteiger partial charge in [0.1, 0.15) is 0 Å². The minimum absolute atomic E-state index is 0.313. The highest BCUT2D eigenvalue weighted by atomic mass is 79.9. The summed E-state index contributed by atoms with van der Waals surface area (Å²) in [5, 5.41) is 0. The third-order valence-corrected chi connectivity index (χ3v) is 3.18. The molecule has 0 atom stereocenters. The number of halogens is 1. The predicted molar refractivity (Wildman–Crippen MR) is 60.7 cm³/mol. The number of hydrogen-bond acceptors (Lipinski definition) is 0. The Balaban J connectivity index is 2.53. The van der Waals surface area contributed by atoms with Crippen molar-refractivity contribution in [2.75, 3.05) is 0 Å². The molecule has 0 saturated heterocycles. The molecule has 1 aromatic carbocycles. The zero-order valence-electron chi connectivity index (χ0n) is 7.97. The molecule has 1 aromatic rings. The standard InChI is InChI=1S/C12H13Br/c1-12(2)7-6-10-9(8-12)4-3-5-11(10)13/h3-7H,8H2,1-2H3. The summed E-state index contributed by atoms with van der Waals surface area (Å²) in [5.74, 6) is 0. The molecule has 0 N–H and O–H groups in total. The van der Waals surface area contributed by atoms with E-state index in [1.54, 1.807) is 0 Å². The first-order valence-corrected chi connectivity index (χ1v) is 5.34. The normalized spacial score (nSPS) is 18.4.